The molecule has 196 valence electrons. The largest absolute Gasteiger partial charge is 0.490 e. The molecular weight excluding hydrogens is 461 g/mol. The molecule has 0 aliphatic carbocycles. The van der Waals surface area contributed by atoms with Crippen LogP contribution in [0.25, 0.3) is 0 Å². The molecule has 2 aromatic carbocycles. The van der Waals surface area contributed by atoms with Gasteiger partial charge in [-0.2, -0.15) is 0 Å². The van der Waals surface area contributed by atoms with Crippen LogP contribution in [0.1, 0.15) is 30.9 Å². The Morgan fingerprint density at radius 2 is 1.64 bits per heavy atom. The number of hydrogen-bond donors (Lipinski definition) is 2. The monoisotopic (exact) mass is 499 g/mol. The second-order valence-electron chi connectivity index (χ2n) is 10.7. The second-order valence-corrected chi connectivity index (χ2v) is 10.7. The lowest BCUT2D eigenvalue weighted by atomic mass is 9.90. The second kappa shape index (κ2) is 10.7. The van der Waals surface area contributed by atoms with Gasteiger partial charge in [-0.3, -0.25) is 9.69 Å². The highest BCUT2D eigenvalue weighted by Gasteiger charge is 2.41. The number of hydrogen-bond acceptors (Lipinski definition) is 6. The maximum absolute atomic E-state index is 14.2. The van der Waals surface area contributed by atoms with Crippen molar-refractivity contribution in [2.75, 3.05) is 57.3 Å². The topological polar surface area (TPSA) is 76.5 Å². The number of para-hydroxylation sites is 1. The highest BCUT2D eigenvalue weighted by atomic mass is 19.1. The van der Waals surface area contributed by atoms with E-state index < -0.39 is 11.2 Å². The van der Waals surface area contributed by atoms with Crippen LogP contribution >= 0.6 is 0 Å². The smallest absolute Gasteiger partial charge is 0.219 e. The highest BCUT2D eigenvalue weighted by molar-refractivity contribution is 5.73. The third-order valence-electron chi connectivity index (χ3n) is 7.24. The molecule has 2 aliphatic heterocycles. The summed E-state index contributed by atoms with van der Waals surface area (Å²) in [4.78, 5) is 17.9. The first-order valence-corrected chi connectivity index (χ1v) is 12.7. The summed E-state index contributed by atoms with van der Waals surface area (Å²) in [6.45, 7) is 8.47. The molecule has 0 radical (unpaired) electrons. The van der Waals surface area contributed by atoms with Gasteiger partial charge in [-0.25, -0.2) is 4.39 Å². The SMILES string of the molecule is CC(=O)N1CCN(CC2(O)CCN(c3ccccc3F)CC2)C[C@](O)(COc2cc(C)cc(C)c2)C1. The van der Waals surface area contributed by atoms with Crippen molar-refractivity contribution in [1.82, 2.24) is 9.80 Å². The Morgan fingerprint density at radius 3 is 2.28 bits per heavy atom. The average molecular weight is 500 g/mol. The summed E-state index contributed by atoms with van der Waals surface area (Å²) in [5.74, 6) is 0.331. The number of amides is 1. The average Bonchev–Trinajstić information content (AvgIpc) is 2.97. The minimum absolute atomic E-state index is 0.0374. The van der Waals surface area contributed by atoms with Gasteiger partial charge in [0.1, 0.15) is 23.8 Å². The van der Waals surface area contributed by atoms with Crippen LogP contribution in [0.15, 0.2) is 42.5 Å². The van der Waals surface area contributed by atoms with Crippen LogP contribution in [-0.2, 0) is 4.79 Å². The maximum atomic E-state index is 14.2. The van der Waals surface area contributed by atoms with Crippen molar-refractivity contribution in [2.45, 2.75) is 44.8 Å². The number of piperidine rings is 1. The van der Waals surface area contributed by atoms with Gasteiger partial charge in [0, 0.05) is 46.2 Å². The lowest BCUT2D eigenvalue weighted by Gasteiger charge is -2.42. The van der Waals surface area contributed by atoms with Gasteiger partial charge in [-0.1, -0.05) is 18.2 Å². The van der Waals surface area contributed by atoms with Gasteiger partial charge in [0.25, 0.3) is 0 Å². The van der Waals surface area contributed by atoms with E-state index in [9.17, 15) is 19.4 Å². The molecule has 36 heavy (non-hydrogen) atoms. The van der Waals surface area contributed by atoms with Gasteiger partial charge in [-0.15, -0.1) is 0 Å². The Hall–Kier alpha value is -2.68. The lowest BCUT2D eigenvalue weighted by Crippen LogP contribution is -2.56. The molecule has 0 bridgehead atoms. The van der Waals surface area contributed by atoms with E-state index in [0.717, 1.165) is 11.1 Å². The third-order valence-corrected chi connectivity index (χ3v) is 7.24. The zero-order chi connectivity index (χ0) is 25.9. The van der Waals surface area contributed by atoms with Crippen molar-refractivity contribution < 1.29 is 24.1 Å². The Labute approximate surface area is 213 Å². The van der Waals surface area contributed by atoms with E-state index in [1.807, 2.05) is 41.8 Å². The van der Waals surface area contributed by atoms with Gasteiger partial charge < -0.3 is 24.7 Å². The van der Waals surface area contributed by atoms with E-state index in [4.69, 9.17) is 4.74 Å². The molecule has 0 spiro atoms. The number of carbonyl (C=O) groups excluding carboxylic acids is 1. The molecular formula is C28H38FN3O4. The molecule has 1 atom stereocenters. The Morgan fingerprint density at radius 1 is 0.972 bits per heavy atom. The lowest BCUT2D eigenvalue weighted by molar-refractivity contribution is -0.132. The van der Waals surface area contributed by atoms with Crippen LogP contribution < -0.4 is 9.64 Å². The minimum Gasteiger partial charge on any atom is -0.490 e. The maximum Gasteiger partial charge on any atom is 0.219 e. The molecule has 7 nitrogen and oxygen atoms in total. The zero-order valence-corrected chi connectivity index (χ0v) is 21.5. The van der Waals surface area contributed by atoms with Crippen molar-refractivity contribution >= 4 is 11.6 Å². The molecule has 2 N–H and O–H groups in total. The van der Waals surface area contributed by atoms with E-state index >= 15 is 0 Å². The Balaban J connectivity index is 1.42. The molecule has 4 rings (SSSR count). The summed E-state index contributed by atoms with van der Waals surface area (Å²) in [5.41, 5.74) is 0.471. The van der Waals surface area contributed by atoms with Gasteiger partial charge in [0.05, 0.1) is 17.8 Å². The molecule has 2 aromatic rings. The highest BCUT2D eigenvalue weighted by Crippen LogP contribution is 2.30. The molecule has 0 aromatic heterocycles. The minimum atomic E-state index is -1.29. The number of aliphatic hydroxyl groups is 2. The van der Waals surface area contributed by atoms with Crippen molar-refractivity contribution in [3.05, 3.63) is 59.4 Å². The summed E-state index contributed by atoms with van der Waals surface area (Å²) in [6.07, 6.45) is 0.984. The van der Waals surface area contributed by atoms with Crippen LogP contribution in [0, 0.1) is 19.7 Å². The van der Waals surface area contributed by atoms with Crippen molar-refractivity contribution in [1.29, 1.82) is 0 Å². The van der Waals surface area contributed by atoms with E-state index in [0.29, 0.717) is 57.0 Å². The van der Waals surface area contributed by atoms with Crippen LogP contribution in [0.3, 0.4) is 0 Å². The number of halogens is 1. The standard InChI is InChI=1S/C28H38FN3O4/c1-21-14-22(2)16-24(15-21)36-20-28(35)18-30(12-13-32(19-28)23(3)33)17-27(34)8-10-31(11-9-27)26-7-5-4-6-25(26)29/h4-7,14-16,34-35H,8-13,17-20H2,1-3H3/t28-/m1/s1. The molecule has 8 heteroatoms. The van der Waals surface area contributed by atoms with Crippen LogP contribution in [-0.4, -0.2) is 89.5 Å². The Kier molecular flexibility index (Phi) is 7.87. The number of ether oxygens (including phenoxy) is 1. The summed E-state index contributed by atoms with van der Waals surface area (Å²) < 4.78 is 20.2. The molecule has 0 unspecified atom stereocenters. The van der Waals surface area contributed by atoms with E-state index in [2.05, 4.69) is 6.07 Å². The number of β-amino-alcohol motifs (C(OH)–C–C–N with tert-alkyl or cyclic N) is 2. The van der Waals surface area contributed by atoms with Crippen molar-refractivity contribution in [2.24, 2.45) is 0 Å². The number of anilines is 1. The first-order chi connectivity index (χ1) is 17.0. The van der Waals surface area contributed by atoms with Gasteiger partial charge in [0.2, 0.25) is 5.91 Å². The Bertz CT molecular complexity index is 1050. The summed E-state index contributed by atoms with van der Waals surface area (Å²) in [5, 5.41) is 23.0. The van der Waals surface area contributed by atoms with Crippen LogP contribution in [0.2, 0.25) is 0 Å². The number of nitrogens with zero attached hydrogens (tertiary/aromatic N) is 3. The van der Waals surface area contributed by atoms with Crippen LogP contribution in [0.4, 0.5) is 10.1 Å². The van der Waals surface area contributed by atoms with Gasteiger partial charge in [-0.05, 0) is 62.1 Å². The third kappa shape index (κ3) is 6.55. The molecule has 1 amide bonds. The fraction of sp³-hybridized carbons (Fsp3) is 0.536. The number of rotatable bonds is 6. The number of carbonyl (C=O) groups is 1. The normalized spacial score (nSPS) is 22.8. The first-order valence-electron chi connectivity index (χ1n) is 12.7. The summed E-state index contributed by atoms with van der Waals surface area (Å²) >= 11 is 0. The van der Waals surface area contributed by atoms with Crippen molar-refractivity contribution in [3.8, 4) is 5.75 Å². The first kappa shape index (κ1) is 26.4. The predicted octanol–water partition coefficient (Wildman–Crippen LogP) is 2.75. The summed E-state index contributed by atoms with van der Waals surface area (Å²) in [7, 11) is 0. The molecule has 2 heterocycles. The number of aryl methyl sites for hydroxylation is 2. The van der Waals surface area contributed by atoms with Crippen LogP contribution in [0.5, 0.6) is 5.75 Å². The van der Waals surface area contributed by atoms with Crippen molar-refractivity contribution in [3.63, 3.8) is 0 Å². The van der Waals surface area contributed by atoms with E-state index in [1.54, 1.807) is 17.0 Å². The molecule has 2 saturated heterocycles. The fourth-order valence-electron chi connectivity index (χ4n) is 5.42. The summed E-state index contributed by atoms with van der Waals surface area (Å²) in [6, 6.07) is 12.6. The fourth-order valence-corrected chi connectivity index (χ4v) is 5.42. The van der Waals surface area contributed by atoms with E-state index in [1.165, 1.54) is 13.0 Å². The van der Waals surface area contributed by atoms with Gasteiger partial charge >= 0.3 is 0 Å². The number of benzene rings is 2. The quantitative estimate of drug-likeness (QED) is 0.637. The molecule has 2 fully saturated rings. The van der Waals surface area contributed by atoms with Gasteiger partial charge in [0.15, 0.2) is 0 Å². The molecule has 0 saturated carbocycles. The zero-order valence-electron chi connectivity index (χ0n) is 21.5. The predicted molar refractivity (Wildman–Crippen MR) is 138 cm³/mol. The van der Waals surface area contributed by atoms with E-state index in [-0.39, 0.29) is 31.4 Å². The molecule has 2 aliphatic rings.